The zero-order valence-electron chi connectivity index (χ0n) is 54.5. The summed E-state index contributed by atoms with van der Waals surface area (Å²) in [5.74, 6) is 0.763. The zero-order chi connectivity index (χ0) is 62.5. The molecule has 0 fully saturated rings. The largest absolute Gasteiger partial charge is 0.472 e. The Labute approximate surface area is 511 Å². The van der Waals surface area contributed by atoms with E-state index in [1.807, 2.05) is 0 Å². The molecule has 0 bridgehead atoms. The molecule has 6 atom stereocenters. The molecular weight excluding hydrogens is 1110 g/mol. The van der Waals surface area contributed by atoms with Gasteiger partial charge in [0.2, 0.25) is 0 Å². The Hall–Kier alpha value is -1.94. The van der Waals surface area contributed by atoms with E-state index in [1.54, 1.807) is 0 Å². The summed E-state index contributed by atoms with van der Waals surface area (Å²) in [6.45, 7) is 14.0. The quantitative estimate of drug-likeness (QED) is 0.0222. The van der Waals surface area contributed by atoms with Crippen molar-refractivity contribution in [1.82, 2.24) is 0 Å². The number of aliphatic hydroxyl groups is 1. The summed E-state index contributed by atoms with van der Waals surface area (Å²) < 4.78 is 68.0. The molecule has 0 heterocycles. The van der Waals surface area contributed by atoms with Crippen molar-refractivity contribution in [3.63, 3.8) is 0 Å². The van der Waals surface area contributed by atoms with Gasteiger partial charge in [-0.25, -0.2) is 9.13 Å². The molecule has 0 aliphatic heterocycles. The van der Waals surface area contributed by atoms with Crippen LogP contribution < -0.4 is 0 Å². The van der Waals surface area contributed by atoms with E-state index in [2.05, 4.69) is 55.4 Å². The molecule has 84 heavy (non-hydrogen) atoms. The minimum Gasteiger partial charge on any atom is -0.462 e. The first-order chi connectivity index (χ1) is 40.1. The highest BCUT2D eigenvalue weighted by molar-refractivity contribution is 7.47. The molecule has 0 radical (unpaired) electrons. The maximum Gasteiger partial charge on any atom is 0.472 e. The van der Waals surface area contributed by atoms with Crippen molar-refractivity contribution < 1.29 is 80.2 Å². The number of hydrogen-bond donors (Lipinski definition) is 3. The third kappa shape index (κ3) is 57.8. The molecule has 0 aliphatic rings. The molecule has 0 aromatic carbocycles. The number of carbonyl (C=O) groups is 4. The summed E-state index contributed by atoms with van der Waals surface area (Å²) >= 11 is 0. The van der Waals surface area contributed by atoms with Gasteiger partial charge < -0.3 is 33.8 Å². The second kappa shape index (κ2) is 55.2. The Bertz CT molecular complexity index is 1680. The van der Waals surface area contributed by atoms with E-state index in [1.165, 1.54) is 109 Å². The van der Waals surface area contributed by atoms with Crippen LogP contribution in [0.4, 0.5) is 0 Å². The first kappa shape index (κ1) is 82.1. The van der Waals surface area contributed by atoms with Crippen LogP contribution in [0.5, 0.6) is 0 Å². The van der Waals surface area contributed by atoms with Gasteiger partial charge in [-0.1, -0.05) is 261 Å². The lowest BCUT2D eigenvalue weighted by Crippen LogP contribution is -2.30. The van der Waals surface area contributed by atoms with E-state index in [4.69, 9.17) is 37.0 Å². The number of esters is 4. The van der Waals surface area contributed by atoms with Gasteiger partial charge in [-0.15, -0.1) is 0 Å². The van der Waals surface area contributed by atoms with E-state index < -0.39 is 97.5 Å². The van der Waals surface area contributed by atoms with Crippen LogP contribution >= 0.6 is 15.6 Å². The molecule has 0 aliphatic carbocycles. The van der Waals surface area contributed by atoms with Crippen LogP contribution in [-0.2, 0) is 65.4 Å². The van der Waals surface area contributed by atoms with Gasteiger partial charge in [-0.05, 0) is 49.4 Å². The number of hydrogen-bond acceptors (Lipinski definition) is 15. The summed E-state index contributed by atoms with van der Waals surface area (Å²) in [7, 11) is -9.89. The molecule has 0 saturated carbocycles. The maximum atomic E-state index is 13.0. The second-order valence-electron chi connectivity index (χ2n) is 25.2. The van der Waals surface area contributed by atoms with Gasteiger partial charge in [0.15, 0.2) is 12.2 Å². The molecule has 3 N–H and O–H groups in total. The Morgan fingerprint density at radius 3 is 0.845 bits per heavy atom. The smallest absolute Gasteiger partial charge is 0.462 e. The van der Waals surface area contributed by atoms with Crippen LogP contribution in [0.15, 0.2) is 0 Å². The number of unbranched alkanes of at least 4 members (excludes halogenated alkanes) is 27. The third-order valence-corrected chi connectivity index (χ3v) is 17.1. The van der Waals surface area contributed by atoms with Crippen molar-refractivity contribution in [2.75, 3.05) is 39.6 Å². The molecule has 0 rings (SSSR count). The van der Waals surface area contributed by atoms with Gasteiger partial charge in [-0.3, -0.25) is 37.3 Å². The number of phosphoric ester groups is 2. The number of rotatable bonds is 62. The lowest BCUT2D eigenvalue weighted by atomic mass is 10.00. The highest BCUT2D eigenvalue weighted by Gasteiger charge is 2.30. The van der Waals surface area contributed by atoms with Crippen molar-refractivity contribution >= 4 is 39.5 Å². The van der Waals surface area contributed by atoms with Crippen molar-refractivity contribution in [1.29, 1.82) is 0 Å². The van der Waals surface area contributed by atoms with Crippen LogP contribution in [0, 0.1) is 23.7 Å². The summed E-state index contributed by atoms with van der Waals surface area (Å²) in [6.07, 6.45) is 35.0. The predicted octanol–water partition coefficient (Wildman–Crippen LogP) is 17.8. The normalized spacial score (nSPS) is 14.7. The monoisotopic (exact) mass is 1240 g/mol. The summed E-state index contributed by atoms with van der Waals surface area (Å²) in [5.41, 5.74) is 0. The average molecular weight is 1240 g/mol. The highest BCUT2D eigenvalue weighted by Crippen LogP contribution is 2.45. The van der Waals surface area contributed by atoms with Crippen LogP contribution in [0.25, 0.3) is 0 Å². The number of carbonyl (C=O) groups excluding carboxylic acids is 4. The van der Waals surface area contributed by atoms with Gasteiger partial charge in [0.05, 0.1) is 26.4 Å². The second-order valence-corrected chi connectivity index (χ2v) is 28.1. The van der Waals surface area contributed by atoms with Gasteiger partial charge >= 0.3 is 39.5 Å². The van der Waals surface area contributed by atoms with Crippen LogP contribution in [0.2, 0.25) is 0 Å². The van der Waals surface area contributed by atoms with Gasteiger partial charge in [0, 0.05) is 25.7 Å². The number of aliphatic hydroxyl groups excluding tert-OH is 1. The SMILES string of the molecule is CCC(C)CCCCCCCCC(=O)O[C@H](COC(=O)CCCCCCCCCCC(C)C)COP(=O)(O)OCC(O)COP(=O)(O)OC[C@@H](COC(=O)CCCCCCCCCC(C)C)OC(=O)CCCCCCCCCCCCC(C)C. The molecule has 0 saturated heterocycles. The van der Waals surface area contributed by atoms with E-state index in [0.717, 1.165) is 114 Å². The van der Waals surface area contributed by atoms with Crippen molar-refractivity contribution in [3.05, 3.63) is 0 Å². The van der Waals surface area contributed by atoms with Gasteiger partial charge in [0.1, 0.15) is 19.3 Å². The first-order valence-corrected chi connectivity index (χ1v) is 36.7. The highest BCUT2D eigenvalue weighted by atomic mass is 31.2. The maximum absolute atomic E-state index is 13.0. The third-order valence-electron chi connectivity index (χ3n) is 15.2. The topological polar surface area (TPSA) is 237 Å². The average Bonchev–Trinajstić information content (AvgIpc) is 3.55. The van der Waals surface area contributed by atoms with E-state index in [9.17, 15) is 43.2 Å². The predicted molar refractivity (Wildman–Crippen MR) is 335 cm³/mol. The molecule has 17 nitrogen and oxygen atoms in total. The number of ether oxygens (including phenoxy) is 4. The zero-order valence-corrected chi connectivity index (χ0v) is 56.3. The Morgan fingerprint density at radius 1 is 0.333 bits per heavy atom. The summed E-state index contributed by atoms with van der Waals surface area (Å²) in [6, 6.07) is 0. The fourth-order valence-electron chi connectivity index (χ4n) is 9.57. The molecule has 19 heteroatoms. The Kier molecular flexibility index (Phi) is 53.9. The molecule has 4 unspecified atom stereocenters. The Morgan fingerprint density at radius 2 is 0.571 bits per heavy atom. The van der Waals surface area contributed by atoms with Gasteiger partial charge in [0.25, 0.3) is 0 Å². The van der Waals surface area contributed by atoms with Crippen molar-refractivity contribution in [2.45, 2.75) is 331 Å². The van der Waals surface area contributed by atoms with Crippen molar-refractivity contribution in [2.24, 2.45) is 23.7 Å². The Balaban J connectivity index is 5.26. The molecule has 0 aromatic heterocycles. The molecule has 498 valence electrons. The van der Waals surface area contributed by atoms with Crippen molar-refractivity contribution in [3.8, 4) is 0 Å². The molecule has 0 aromatic rings. The first-order valence-electron chi connectivity index (χ1n) is 33.7. The van der Waals surface area contributed by atoms with Crippen LogP contribution in [0.3, 0.4) is 0 Å². The number of phosphoric acid groups is 2. The lowest BCUT2D eigenvalue weighted by molar-refractivity contribution is -0.161. The summed E-state index contributed by atoms with van der Waals surface area (Å²) in [4.78, 5) is 72.3. The minimum atomic E-state index is -4.95. The van der Waals surface area contributed by atoms with E-state index in [0.29, 0.717) is 31.6 Å². The van der Waals surface area contributed by atoms with E-state index >= 15 is 0 Å². The molecule has 0 amide bonds. The minimum absolute atomic E-state index is 0.102. The van der Waals surface area contributed by atoms with Crippen LogP contribution in [0.1, 0.15) is 312 Å². The van der Waals surface area contributed by atoms with E-state index in [-0.39, 0.29) is 25.7 Å². The lowest BCUT2D eigenvalue weighted by Gasteiger charge is -2.21. The van der Waals surface area contributed by atoms with Crippen LogP contribution in [-0.4, -0.2) is 96.7 Å². The standard InChI is InChI=1S/C65H126O17P2/c1-9-58(8)44-36-28-23-24-32-40-48-65(70)82-61(52-75-62(67)45-37-29-20-15-14-18-26-34-42-56(4)5)54-80-84(73,74)78-50-59(66)49-77-83(71,72)79-53-60(51-76-63(68)46-38-30-22-16-19-27-35-43-57(6)7)81-64(69)47-39-31-21-13-11-10-12-17-25-33-41-55(2)3/h55-61,66H,9-54H2,1-8H3,(H,71,72)(H,73,74)/t58?,59?,60-,61-/m1/s1. The fourth-order valence-corrected chi connectivity index (χ4v) is 11.2. The molecule has 0 spiro atoms. The molecular formula is C65H126O17P2. The van der Waals surface area contributed by atoms with Gasteiger partial charge in [-0.2, -0.15) is 0 Å². The fraction of sp³-hybridized carbons (Fsp3) is 0.938. The summed E-state index contributed by atoms with van der Waals surface area (Å²) in [5, 5.41) is 10.5.